The second kappa shape index (κ2) is 8.51. The van der Waals surface area contributed by atoms with Gasteiger partial charge in [-0.1, -0.05) is 18.2 Å². The normalized spacial score (nSPS) is 11.7. The Balaban J connectivity index is 1.78. The second-order valence-electron chi connectivity index (χ2n) is 6.53. The van der Waals surface area contributed by atoms with Crippen molar-refractivity contribution in [3.8, 4) is 16.9 Å². The lowest BCUT2D eigenvalue weighted by molar-refractivity contribution is 0.249. The summed E-state index contributed by atoms with van der Waals surface area (Å²) in [4.78, 5) is 20.9. The monoisotopic (exact) mass is 380 g/mol. The Morgan fingerprint density at radius 2 is 2.07 bits per heavy atom. The van der Waals surface area contributed by atoms with Gasteiger partial charge in [-0.05, 0) is 19.9 Å². The molecule has 8 heteroatoms. The van der Waals surface area contributed by atoms with Gasteiger partial charge in [-0.15, -0.1) is 0 Å². The summed E-state index contributed by atoms with van der Waals surface area (Å²) in [5, 5.41) is 10.3. The fraction of sp³-hybridized carbons (Fsp3) is 0.300. The van der Waals surface area contributed by atoms with E-state index in [1.807, 2.05) is 38.1 Å². The van der Waals surface area contributed by atoms with E-state index in [9.17, 15) is 4.79 Å². The van der Waals surface area contributed by atoms with Crippen LogP contribution in [0.3, 0.4) is 0 Å². The van der Waals surface area contributed by atoms with E-state index in [1.54, 1.807) is 37.4 Å². The molecule has 0 bridgehead atoms. The van der Waals surface area contributed by atoms with Gasteiger partial charge in [0, 0.05) is 43.7 Å². The summed E-state index contributed by atoms with van der Waals surface area (Å²) in [7, 11) is 3.42. The van der Waals surface area contributed by atoms with Crippen LogP contribution in [0.1, 0.15) is 18.3 Å². The van der Waals surface area contributed by atoms with Gasteiger partial charge in [0.1, 0.15) is 11.6 Å². The zero-order valence-corrected chi connectivity index (χ0v) is 16.4. The lowest BCUT2D eigenvalue weighted by atomic mass is 10.0. The highest BCUT2D eigenvalue weighted by Gasteiger charge is 2.20. The van der Waals surface area contributed by atoms with E-state index in [0.717, 1.165) is 28.3 Å². The Morgan fingerprint density at radius 1 is 1.29 bits per heavy atom. The molecule has 3 rings (SSSR count). The fourth-order valence-corrected chi connectivity index (χ4v) is 3.14. The largest absolute Gasteiger partial charge is 0.496 e. The molecular formula is C20H24N6O2. The van der Waals surface area contributed by atoms with Gasteiger partial charge >= 0.3 is 6.03 Å². The minimum absolute atomic E-state index is 0.110. The number of benzene rings is 1. The number of carbonyl (C=O) groups excluding carboxylic acids is 1. The highest BCUT2D eigenvalue weighted by molar-refractivity contribution is 5.94. The standard InChI is InChI=1S/C20H24N6O2/c1-13(11-15-12-21-9-10-22-15)23-20(27)24-19-18(14(2)25-26(19)3)16-7-5-6-8-17(16)28-4/h5-10,12-13H,11H2,1-4H3,(H2,23,24,27)/t13-/m0/s1. The smallest absolute Gasteiger partial charge is 0.320 e. The minimum Gasteiger partial charge on any atom is -0.496 e. The lowest BCUT2D eigenvalue weighted by Crippen LogP contribution is -2.38. The number of hydrogen-bond acceptors (Lipinski definition) is 5. The maximum absolute atomic E-state index is 12.6. The molecule has 0 fully saturated rings. The van der Waals surface area contributed by atoms with Crippen LogP contribution in [0.15, 0.2) is 42.9 Å². The van der Waals surface area contributed by atoms with E-state index in [1.165, 1.54) is 0 Å². The van der Waals surface area contributed by atoms with Gasteiger partial charge < -0.3 is 10.1 Å². The molecule has 2 heterocycles. The number of aryl methyl sites for hydroxylation is 2. The number of amides is 2. The number of anilines is 1. The first-order valence-electron chi connectivity index (χ1n) is 8.99. The van der Waals surface area contributed by atoms with Crippen LogP contribution in [0.25, 0.3) is 11.1 Å². The number of para-hydroxylation sites is 1. The van der Waals surface area contributed by atoms with Crippen LogP contribution in [-0.2, 0) is 13.5 Å². The van der Waals surface area contributed by atoms with Crippen molar-refractivity contribution >= 4 is 11.8 Å². The summed E-state index contributed by atoms with van der Waals surface area (Å²) in [5.74, 6) is 1.32. The minimum atomic E-state index is -0.310. The first kappa shape index (κ1) is 19.3. The number of nitrogens with zero attached hydrogens (tertiary/aromatic N) is 4. The summed E-state index contributed by atoms with van der Waals surface area (Å²) in [6.07, 6.45) is 5.55. The van der Waals surface area contributed by atoms with Crippen molar-refractivity contribution in [1.29, 1.82) is 0 Å². The SMILES string of the molecule is COc1ccccc1-c1c(C)nn(C)c1NC(=O)N[C@@H](C)Cc1cnccn1. The number of methoxy groups -OCH3 is 1. The molecule has 0 radical (unpaired) electrons. The van der Waals surface area contributed by atoms with Gasteiger partial charge in [-0.3, -0.25) is 20.0 Å². The molecule has 3 aromatic rings. The molecule has 1 atom stereocenters. The summed E-state index contributed by atoms with van der Waals surface area (Å²) in [5.41, 5.74) is 3.33. The molecule has 2 N–H and O–H groups in total. The molecule has 0 aliphatic heterocycles. The summed E-state index contributed by atoms with van der Waals surface area (Å²) in [6.45, 7) is 3.82. The van der Waals surface area contributed by atoms with Crippen LogP contribution in [-0.4, -0.2) is 38.9 Å². The summed E-state index contributed by atoms with van der Waals surface area (Å²) < 4.78 is 7.13. The molecule has 2 amide bonds. The third kappa shape index (κ3) is 4.28. The number of urea groups is 1. The van der Waals surface area contributed by atoms with Gasteiger partial charge in [0.15, 0.2) is 0 Å². The Morgan fingerprint density at radius 3 is 2.79 bits per heavy atom. The van der Waals surface area contributed by atoms with Crippen molar-refractivity contribution in [2.45, 2.75) is 26.3 Å². The van der Waals surface area contributed by atoms with Gasteiger partial charge in [-0.2, -0.15) is 5.10 Å². The lowest BCUT2D eigenvalue weighted by Gasteiger charge is -2.16. The molecule has 0 spiro atoms. The third-order valence-corrected chi connectivity index (χ3v) is 4.34. The maximum atomic E-state index is 12.6. The van der Waals surface area contributed by atoms with Crippen LogP contribution < -0.4 is 15.4 Å². The molecule has 8 nitrogen and oxygen atoms in total. The Bertz CT molecular complexity index is 955. The first-order valence-corrected chi connectivity index (χ1v) is 8.99. The molecule has 0 aliphatic rings. The zero-order chi connectivity index (χ0) is 20.1. The molecule has 0 saturated heterocycles. The van der Waals surface area contributed by atoms with E-state index in [0.29, 0.717) is 12.2 Å². The molecule has 0 aliphatic carbocycles. The number of nitrogens with one attached hydrogen (secondary N) is 2. The Kier molecular flexibility index (Phi) is 5.88. The first-order chi connectivity index (χ1) is 13.5. The summed E-state index contributed by atoms with van der Waals surface area (Å²) in [6, 6.07) is 7.24. The van der Waals surface area contributed by atoms with Gasteiger partial charge in [-0.25, -0.2) is 4.79 Å². The number of aromatic nitrogens is 4. The van der Waals surface area contributed by atoms with E-state index in [-0.39, 0.29) is 12.1 Å². The molecule has 1 aromatic carbocycles. The van der Waals surface area contributed by atoms with Crippen molar-refractivity contribution < 1.29 is 9.53 Å². The van der Waals surface area contributed by atoms with E-state index in [4.69, 9.17) is 4.74 Å². The average Bonchev–Trinajstić information content (AvgIpc) is 2.95. The zero-order valence-electron chi connectivity index (χ0n) is 16.4. The van der Waals surface area contributed by atoms with Gasteiger partial charge in [0.05, 0.1) is 24.1 Å². The number of rotatable bonds is 6. The van der Waals surface area contributed by atoms with Crippen LogP contribution in [0.5, 0.6) is 5.75 Å². The quantitative estimate of drug-likeness (QED) is 0.686. The summed E-state index contributed by atoms with van der Waals surface area (Å²) >= 11 is 0. The van der Waals surface area contributed by atoms with Crippen LogP contribution in [0.2, 0.25) is 0 Å². The number of hydrogen-bond donors (Lipinski definition) is 2. The Hall–Kier alpha value is -3.42. The van der Waals surface area contributed by atoms with E-state index in [2.05, 4.69) is 25.7 Å². The number of ether oxygens (including phenoxy) is 1. The maximum Gasteiger partial charge on any atom is 0.320 e. The Labute approximate surface area is 164 Å². The van der Waals surface area contributed by atoms with Crippen molar-refractivity contribution in [2.24, 2.45) is 7.05 Å². The molecule has 2 aromatic heterocycles. The van der Waals surface area contributed by atoms with Crippen molar-refractivity contribution in [2.75, 3.05) is 12.4 Å². The van der Waals surface area contributed by atoms with E-state index < -0.39 is 0 Å². The molecule has 28 heavy (non-hydrogen) atoms. The van der Waals surface area contributed by atoms with Crippen LogP contribution in [0.4, 0.5) is 10.6 Å². The van der Waals surface area contributed by atoms with Crippen molar-refractivity contribution in [3.05, 3.63) is 54.2 Å². The van der Waals surface area contributed by atoms with Crippen LogP contribution in [0, 0.1) is 6.92 Å². The predicted octanol–water partition coefficient (Wildman–Crippen LogP) is 2.95. The number of carbonyl (C=O) groups is 1. The van der Waals surface area contributed by atoms with E-state index >= 15 is 0 Å². The average molecular weight is 380 g/mol. The predicted molar refractivity (Wildman–Crippen MR) is 107 cm³/mol. The molecule has 0 saturated carbocycles. The van der Waals surface area contributed by atoms with Gasteiger partial charge in [0.25, 0.3) is 0 Å². The van der Waals surface area contributed by atoms with Gasteiger partial charge in [0.2, 0.25) is 0 Å². The highest BCUT2D eigenvalue weighted by atomic mass is 16.5. The third-order valence-electron chi connectivity index (χ3n) is 4.34. The topological polar surface area (TPSA) is 94.0 Å². The molecular weight excluding hydrogens is 356 g/mol. The fourth-order valence-electron chi connectivity index (χ4n) is 3.14. The highest BCUT2D eigenvalue weighted by Crippen LogP contribution is 2.37. The van der Waals surface area contributed by atoms with Crippen molar-refractivity contribution in [3.63, 3.8) is 0 Å². The second-order valence-corrected chi connectivity index (χ2v) is 6.53. The van der Waals surface area contributed by atoms with Crippen LogP contribution >= 0.6 is 0 Å². The van der Waals surface area contributed by atoms with Crippen molar-refractivity contribution in [1.82, 2.24) is 25.1 Å². The molecule has 146 valence electrons. The molecule has 0 unspecified atom stereocenters.